The van der Waals surface area contributed by atoms with Crippen molar-refractivity contribution >= 4 is 0 Å². The van der Waals surface area contributed by atoms with E-state index < -0.39 is 0 Å². The van der Waals surface area contributed by atoms with E-state index in [1.165, 1.54) is 25.8 Å². The molecule has 1 unspecified atom stereocenters. The third-order valence-corrected chi connectivity index (χ3v) is 3.81. The van der Waals surface area contributed by atoms with Gasteiger partial charge in [0.2, 0.25) is 0 Å². The quantitative estimate of drug-likeness (QED) is 0.749. The second kappa shape index (κ2) is 6.02. The van der Waals surface area contributed by atoms with Crippen molar-refractivity contribution in [3.63, 3.8) is 0 Å². The van der Waals surface area contributed by atoms with Gasteiger partial charge < -0.3 is 5.32 Å². The molecule has 0 spiro atoms. The third-order valence-electron chi connectivity index (χ3n) is 3.81. The molecule has 1 aliphatic rings. The minimum atomic E-state index is 0.417. The minimum Gasteiger partial charge on any atom is -0.315 e. The molecule has 16 heavy (non-hydrogen) atoms. The normalized spacial score (nSPS) is 22.9. The first-order valence-corrected chi connectivity index (χ1v) is 6.95. The molecule has 0 aromatic heterocycles. The fourth-order valence-electron chi connectivity index (χ4n) is 2.82. The number of rotatable bonds is 6. The van der Waals surface area contributed by atoms with Crippen LogP contribution in [0.15, 0.2) is 0 Å². The van der Waals surface area contributed by atoms with E-state index in [9.17, 15) is 0 Å². The molecular formula is C14H30N2. The maximum atomic E-state index is 3.61. The lowest BCUT2D eigenvalue weighted by Gasteiger charge is -2.38. The van der Waals surface area contributed by atoms with Crippen LogP contribution in [0.25, 0.3) is 0 Å². The van der Waals surface area contributed by atoms with E-state index in [1.807, 2.05) is 0 Å². The van der Waals surface area contributed by atoms with Crippen LogP contribution in [0.4, 0.5) is 0 Å². The smallest absolute Gasteiger partial charge is 0.0223 e. The zero-order valence-electron chi connectivity index (χ0n) is 11.8. The van der Waals surface area contributed by atoms with Crippen molar-refractivity contribution in [1.29, 1.82) is 0 Å². The molecule has 0 bridgehead atoms. The van der Waals surface area contributed by atoms with Crippen LogP contribution in [0.2, 0.25) is 0 Å². The van der Waals surface area contributed by atoms with Crippen molar-refractivity contribution in [1.82, 2.24) is 10.2 Å². The van der Waals surface area contributed by atoms with Gasteiger partial charge in [-0.3, -0.25) is 4.90 Å². The Kier molecular flexibility index (Phi) is 5.26. The van der Waals surface area contributed by atoms with Crippen LogP contribution in [0.1, 0.15) is 53.9 Å². The molecule has 1 rings (SSSR count). The zero-order valence-corrected chi connectivity index (χ0v) is 11.8. The summed E-state index contributed by atoms with van der Waals surface area (Å²) in [5.74, 6) is 0.754. The summed E-state index contributed by atoms with van der Waals surface area (Å²) in [6, 6.07) is 0.719. The van der Waals surface area contributed by atoms with Crippen LogP contribution in [0, 0.1) is 5.92 Å². The van der Waals surface area contributed by atoms with Gasteiger partial charge in [-0.25, -0.2) is 0 Å². The van der Waals surface area contributed by atoms with E-state index >= 15 is 0 Å². The lowest BCUT2D eigenvalue weighted by Crippen LogP contribution is -2.49. The molecule has 0 aliphatic carbocycles. The Morgan fingerprint density at radius 3 is 2.38 bits per heavy atom. The first-order valence-electron chi connectivity index (χ1n) is 6.95. The number of nitrogens with zero attached hydrogens (tertiary/aromatic N) is 1. The van der Waals surface area contributed by atoms with Gasteiger partial charge in [-0.2, -0.15) is 0 Å². The van der Waals surface area contributed by atoms with E-state index in [-0.39, 0.29) is 0 Å². The molecule has 2 nitrogen and oxygen atoms in total. The van der Waals surface area contributed by atoms with Crippen LogP contribution in [0.3, 0.4) is 0 Å². The lowest BCUT2D eigenvalue weighted by molar-refractivity contribution is 0.110. The van der Waals surface area contributed by atoms with Gasteiger partial charge in [0.15, 0.2) is 0 Å². The fourth-order valence-corrected chi connectivity index (χ4v) is 2.82. The van der Waals surface area contributed by atoms with Crippen LogP contribution in [0.5, 0.6) is 0 Å². The van der Waals surface area contributed by atoms with E-state index in [2.05, 4.69) is 44.8 Å². The topological polar surface area (TPSA) is 15.3 Å². The Morgan fingerprint density at radius 2 is 1.94 bits per heavy atom. The first kappa shape index (κ1) is 14.0. The fraction of sp³-hybridized carbons (Fsp3) is 1.00. The van der Waals surface area contributed by atoms with E-state index in [0.29, 0.717) is 5.54 Å². The monoisotopic (exact) mass is 226 g/mol. The molecule has 0 amide bonds. The van der Waals surface area contributed by atoms with E-state index in [0.717, 1.165) is 25.0 Å². The number of likely N-dealkylation sites (tertiary alicyclic amines) is 1. The molecular weight excluding hydrogens is 196 g/mol. The molecule has 0 radical (unpaired) electrons. The zero-order chi connectivity index (χ0) is 12.2. The summed E-state index contributed by atoms with van der Waals surface area (Å²) >= 11 is 0. The summed E-state index contributed by atoms with van der Waals surface area (Å²) in [6.07, 6.45) is 3.98. The van der Waals surface area contributed by atoms with Crippen molar-refractivity contribution in [3.05, 3.63) is 0 Å². The maximum absolute atomic E-state index is 3.61. The predicted octanol–water partition coefficient (Wildman–Crippen LogP) is 2.89. The van der Waals surface area contributed by atoms with Crippen LogP contribution < -0.4 is 5.32 Å². The highest BCUT2D eigenvalue weighted by Crippen LogP contribution is 2.30. The Balaban J connectivity index is 2.41. The highest BCUT2D eigenvalue weighted by molar-refractivity contribution is 4.92. The Morgan fingerprint density at radius 1 is 1.25 bits per heavy atom. The molecule has 1 fully saturated rings. The average Bonchev–Trinajstić information content (AvgIpc) is 2.53. The third kappa shape index (κ3) is 3.74. The van der Waals surface area contributed by atoms with Gasteiger partial charge in [-0.05, 0) is 52.1 Å². The van der Waals surface area contributed by atoms with Gasteiger partial charge in [0.1, 0.15) is 0 Å². The summed E-state index contributed by atoms with van der Waals surface area (Å²) in [5, 5.41) is 3.61. The molecule has 1 heterocycles. The molecule has 2 heteroatoms. The molecule has 1 saturated heterocycles. The van der Waals surface area contributed by atoms with Gasteiger partial charge in [0.05, 0.1) is 0 Å². The molecule has 1 atom stereocenters. The summed E-state index contributed by atoms with van der Waals surface area (Å²) in [7, 11) is 0. The van der Waals surface area contributed by atoms with Gasteiger partial charge in [0, 0.05) is 18.1 Å². The summed E-state index contributed by atoms with van der Waals surface area (Å²) in [5.41, 5.74) is 0.417. The maximum Gasteiger partial charge on any atom is 0.0223 e. The summed E-state index contributed by atoms with van der Waals surface area (Å²) < 4.78 is 0. The highest BCUT2D eigenvalue weighted by atomic mass is 15.2. The number of hydrogen-bond donors (Lipinski definition) is 1. The first-order chi connectivity index (χ1) is 7.47. The average molecular weight is 226 g/mol. The van der Waals surface area contributed by atoms with Crippen molar-refractivity contribution in [2.75, 3.05) is 19.6 Å². The Hall–Kier alpha value is -0.0800. The second-order valence-electron chi connectivity index (χ2n) is 6.22. The van der Waals surface area contributed by atoms with Crippen LogP contribution in [-0.2, 0) is 0 Å². The molecule has 0 aromatic carbocycles. The molecule has 1 aliphatic heterocycles. The van der Waals surface area contributed by atoms with Gasteiger partial charge >= 0.3 is 0 Å². The second-order valence-corrected chi connectivity index (χ2v) is 6.22. The van der Waals surface area contributed by atoms with E-state index in [1.54, 1.807) is 0 Å². The van der Waals surface area contributed by atoms with Gasteiger partial charge in [0.25, 0.3) is 0 Å². The largest absolute Gasteiger partial charge is 0.315 e. The molecule has 96 valence electrons. The Labute approximate surface area is 102 Å². The van der Waals surface area contributed by atoms with E-state index in [4.69, 9.17) is 0 Å². The lowest BCUT2D eigenvalue weighted by atomic mass is 9.99. The summed E-state index contributed by atoms with van der Waals surface area (Å²) in [6.45, 7) is 15.2. The standard InChI is InChI=1S/C14H30N2/c1-6-13(11-15-10-12(2)3)16-9-7-8-14(16,4)5/h12-13,15H,6-11H2,1-5H3. The predicted molar refractivity (Wildman–Crippen MR) is 71.8 cm³/mol. The van der Waals surface area contributed by atoms with Crippen LogP contribution in [-0.4, -0.2) is 36.1 Å². The molecule has 0 saturated carbocycles. The SMILES string of the molecule is CCC(CNCC(C)C)N1CCCC1(C)C. The summed E-state index contributed by atoms with van der Waals surface area (Å²) in [4.78, 5) is 2.71. The molecule has 0 aromatic rings. The Bertz CT molecular complexity index is 199. The van der Waals surface area contributed by atoms with Crippen molar-refractivity contribution < 1.29 is 0 Å². The minimum absolute atomic E-state index is 0.417. The van der Waals surface area contributed by atoms with Crippen LogP contribution >= 0.6 is 0 Å². The number of nitrogens with one attached hydrogen (secondary N) is 1. The number of hydrogen-bond acceptors (Lipinski definition) is 2. The van der Waals surface area contributed by atoms with Crippen molar-refractivity contribution in [2.24, 2.45) is 5.92 Å². The van der Waals surface area contributed by atoms with Gasteiger partial charge in [-0.15, -0.1) is 0 Å². The highest BCUT2D eigenvalue weighted by Gasteiger charge is 2.35. The van der Waals surface area contributed by atoms with Gasteiger partial charge in [-0.1, -0.05) is 20.8 Å². The molecule has 1 N–H and O–H groups in total. The van der Waals surface area contributed by atoms with Crippen molar-refractivity contribution in [3.8, 4) is 0 Å². The van der Waals surface area contributed by atoms with Crippen molar-refractivity contribution in [2.45, 2.75) is 65.5 Å².